The van der Waals surface area contributed by atoms with Crippen LogP contribution in [-0.2, 0) is 57.1 Å². The molecule has 3 N–H and O–H groups in total. The molecule has 0 unspecified atom stereocenters. The molecule has 8 atom stereocenters. The number of rotatable bonds is 13. The molecule has 15 heteroatoms. The third-order valence-electron chi connectivity index (χ3n) is 9.88. The Labute approximate surface area is 324 Å². The van der Waals surface area contributed by atoms with E-state index < -0.39 is 84.6 Å². The van der Waals surface area contributed by atoms with E-state index in [1.54, 1.807) is 26.0 Å². The lowest BCUT2D eigenvalue weighted by atomic mass is 9.74. The zero-order valence-electron chi connectivity index (χ0n) is 32.8. The van der Waals surface area contributed by atoms with Crippen molar-refractivity contribution in [2.24, 2.45) is 5.41 Å². The normalized spacial score (nSPS) is 32.0. The summed E-state index contributed by atoms with van der Waals surface area (Å²) >= 11 is 0. The molecular formula is C40H62O15. The Bertz CT molecular complexity index is 1310. The monoisotopic (exact) mass is 782 g/mol. The van der Waals surface area contributed by atoms with Crippen LogP contribution < -0.4 is 0 Å². The van der Waals surface area contributed by atoms with E-state index in [-0.39, 0.29) is 63.9 Å². The second-order valence-corrected chi connectivity index (χ2v) is 14.9. The van der Waals surface area contributed by atoms with E-state index in [1.165, 1.54) is 13.2 Å². The molecule has 55 heavy (non-hydrogen) atoms. The average molecular weight is 783 g/mol. The number of hydrogen-bond donors (Lipinski definition) is 3. The van der Waals surface area contributed by atoms with E-state index in [0.29, 0.717) is 19.3 Å². The number of aliphatic hydroxyl groups excluding tert-OH is 2. The molecule has 2 saturated heterocycles. The van der Waals surface area contributed by atoms with Crippen molar-refractivity contribution in [1.82, 2.24) is 0 Å². The predicted molar refractivity (Wildman–Crippen MR) is 197 cm³/mol. The first-order valence-electron chi connectivity index (χ1n) is 19.4. The zero-order valence-corrected chi connectivity index (χ0v) is 32.8. The van der Waals surface area contributed by atoms with Crippen molar-refractivity contribution < 1.29 is 72.4 Å². The van der Waals surface area contributed by atoms with Gasteiger partial charge in [-0.05, 0) is 37.3 Å². The highest BCUT2D eigenvalue weighted by Gasteiger charge is 2.57. The Morgan fingerprint density at radius 1 is 1.00 bits per heavy atom. The van der Waals surface area contributed by atoms with E-state index in [9.17, 15) is 34.5 Å². The maximum Gasteiger partial charge on any atom is 0.330 e. The molecular weight excluding hydrogens is 720 g/mol. The largest absolute Gasteiger partial charge is 0.466 e. The summed E-state index contributed by atoms with van der Waals surface area (Å²) in [4.78, 5) is 51.4. The van der Waals surface area contributed by atoms with Gasteiger partial charge in [0.05, 0.1) is 51.0 Å². The van der Waals surface area contributed by atoms with Gasteiger partial charge in [-0.3, -0.25) is 14.4 Å². The highest BCUT2D eigenvalue weighted by molar-refractivity contribution is 5.83. The van der Waals surface area contributed by atoms with Crippen LogP contribution in [0.3, 0.4) is 0 Å². The molecule has 0 radical (unpaired) electrons. The second kappa shape index (κ2) is 23.1. The van der Waals surface area contributed by atoms with Crippen LogP contribution in [0.5, 0.6) is 0 Å². The van der Waals surface area contributed by atoms with Crippen molar-refractivity contribution in [3.05, 3.63) is 36.5 Å². The van der Waals surface area contributed by atoms with Crippen molar-refractivity contribution in [2.45, 2.75) is 153 Å². The summed E-state index contributed by atoms with van der Waals surface area (Å²) < 4.78 is 46.1. The molecule has 2 fully saturated rings. The third-order valence-corrected chi connectivity index (χ3v) is 9.88. The molecule has 0 aromatic rings. The van der Waals surface area contributed by atoms with Gasteiger partial charge in [-0.2, -0.15) is 0 Å². The van der Waals surface area contributed by atoms with Crippen LogP contribution in [-0.4, -0.2) is 121 Å². The SMILES string of the molecule is C=CCOC(=O)C[C@H]1C[C@H]2CCOCC[C@H](O)CC(=O)O[C@H](CO)C[C@@H]3C/C(=C\C(=O)OC)[C@H](OC(=O)CCCCCCC)[C@@](O)(O3)C(C)(C)/C=C/[C@H](O2)O1. The Hall–Kier alpha value is -3.18. The molecule has 0 aromatic carbocycles. The van der Waals surface area contributed by atoms with Crippen LogP contribution in [0.15, 0.2) is 36.5 Å². The van der Waals surface area contributed by atoms with Crippen molar-refractivity contribution in [2.75, 3.05) is 33.5 Å². The zero-order chi connectivity index (χ0) is 40.4. The van der Waals surface area contributed by atoms with Gasteiger partial charge in [0.15, 0.2) is 12.4 Å². The van der Waals surface area contributed by atoms with Crippen molar-refractivity contribution in [1.29, 1.82) is 0 Å². The summed E-state index contributed by atoms with van der Waals surface area (Å²) in [6, 6.07) is 0. The molecule has 0 aliphatic carbocycles. The number of carbonyl (C=O) groups excluding carboxylic acids is 4. The van der Waals surface area contributed by atoms with Crippen molar-refractivity contribution in [3.63, 3.8) is 0 Å². The summed E-state index contributed by atoms with van der Waals surface area (Å²) in [7, 11) is 1.19. The molecule has 3 rings (SSSR count). The van der Waals surface area contributed by atoms with E-state index in [0.717, 1.165) is 31.8 Å². The average Bonchev–Trinajstić information content (AvgIpc) is 3.13. The van der Waals surface area contributed by atoms with Crippen LogP contribution in [0.1, 0.15) is 104 Å². The third kappa shape index (κ3) is 15.0. The number of esters is 4. The van der Waals surface area contributed by atoms with Crippen LogP contribution in [0.2, 0.25) is 0 Å². The number of aliphatic hydroxyl groups is 3. The fourth-order valence-corrected chi connectivity index (χ4v) is 6.74. The van der Waals surface area contributed by atoms with Crippen LogP contribution in [0, 0.1) is 5.41 Å². The lowest BCUT2D eigenvalue weighted by Gasteiger charge is -2.51. The Morgan fingerprint density at radius 2 is 1.73 bits per heavy atom. The number of methoxy groups -OCH3 is 1. The van der Waals surface area contributed by atoms with Crippen LogP contribution in [0.4, 0.5) is 0 Å². The van der Waals surface area contributed by atoms with Gasteiger partial charge in [0.25, 0.3) is 0 Å². The van der Waals surface area contributed by atoms with Gasteiger partial charge in [0.2, 0.25) is 5.79 Å². The van der Waals surface area contributed by atoms with Crippen molar-refractivity contribution >= 4 is 23.9 Å². The van der Waals surface area contributed by atoms with Gasteiger partial charge in [-0.15, -0.1) is 0 Å². The standard InChI is InChI=1S/C40H62O15/c1-6-8-9-10-11-12-33(43)54-38-27(21-34(44)48-5)20-31-24-32(26-41)51-36(46)22-28(42)14-18-49-19-15-29-23-30(25-35(45)50-17-7-2)53-37(52-29)13-16-39(3,4)40(38,47)55-31/h7,13,16,21,28-32,37-38,41-42,47H,2,6,8-12,14-15,17-20,22-26H2,1,3-5H3/b16-13+,27-21+/t28-,29+,30+,31-,32-,37+,38-,40+/m0/s1. The topological polar surface area (TPSA) is 203 Å². The fourth-order valence-electron chi connectivity index (χ4n) is 6.74. The molecule has 0 saturated carbocycles. The van der Waals surface area contributed by atoms with Crippen molar-refractivity contribution in [3.8, 4) is 0 Å². The molecule has 3 aliphatic rings. The maximum atomic E-state index is 13.3. The quantitative estimate of drug-likeness (QED) is 0.0798. The molecule has 0 amide bonds. The Balaban J connectivity index is 2.04. The van der Waals surface area contributed by atoms with Crippen LogP contribution in [0.25, 0.3) is 0 Å². The Kier molecular flexibility index (Phi) is 19.4. The van der Waals surface area contributed by atoms with Crippen LogP contribution >= 0.6 is 0 Å². The van der Waals surface area contributed by atoms with E-state index >= 15 is 0 Å². The number of unbranched alkanes of at least 4 members (excludes halogenated alkanes) is 4. The van der Waals surface area contributed by atoms with Gasteiger partial charge in [-0.25, -0.2) is 4.79 Å². The molecule has 312 valence electrons. The second-order valence-electron chi connectivity index (χ2n) is 14.9. The number of carbonyl (C=O) groups is 4. The van der Waals surface area contributed by atoms with Gasteiger partial charge < -0.3 is 53.2 Å². The minimum Gasteiger partial charge on any atom is -0.466 e. The summed E-state index contributed by atoms with van der Waals surface area (Å²) in [6.45, 7) is 8.80. The van der Waals surface area contributed by atoms with Gasteiger partial charge >= 0.3 is 23.9 Å². The smallest absolute Gasteiger partial charge is 0.330 e. The first-order valence-corrected chi connectivity index (χ1v) is 19.4. The Morgan fingerprint density at radius 3 is 2.44 bits per heavy atom. The van der Waals surface area contributed by atoms with Gasteiger partial charge in [0.1, 0.15) is 12.7 Å². The molecule has 0 aromatic heterocycles. The number of ether oxygens (including phenoxy) is 8. The van der Waals surface area contributed by atoms with E-state index in [4.69, 9.17) is 37.9 Å². The summed E-state index contributed by atoms with van der Waals surface area (Å²) in [5, 5.41) is 33.4. The number of fused-ring (bicyclic) bond motifs is 4. The lowest BCUT2D eigenvalue weighted by Crippen LogP contribution is -2.62. The fraction of sp³-hybridized carbons (Fsp3) is 0.750. The lowest BCUT2D eigenvalue weighted by molar-refractivity contribution is -0.327. The van der Waals surface area contributed by atoms with E-state index in [2.05, 4.69) is 13.5 Å². The first-order chi connectivity index (χ1) is 26.2. The maximum absolute atomic E-state index is 13.3. The summed E-state index contributed by atoms with van der Waals surface area (Å²) in [5.74, 6) is -4.94. The minimum absolute atomic E-state index is 0.0516. The summed E-state index contributed by atoms with van der Waals surface area (Å²) in [5.41, 5.74) is -1.22. The van der Waals surface area contributed by atoms with E-state index in [1.807, 2.05) is 0 Å². The summed E-state index contributed by atoms with van der Waals surface area (Å²) in [6.07, 6.45) is 3.96. The molecule has 4 bridgehead atoms. The minimum atomic E-state index is -2.35. The molecule has 0 spiro atoms. The predicted octanol–water partition coefficient (Wildman–Crippen LogP) is 3.89. The van der Waals surface area contributed by atoms with Gasteiger partial charge in [0, 0.05) is 44.0 Å². The number of cyclic esters (lactones) is 1. The number of hydrogen-bond acceptors (Lipinski definition) is 15. The first kappa shape index (κ1) is 46.2. The molecule has 15 nitrogen and oxygen atoms in total. The molecule has 3 aliphatic heterocycles. The van der Waals surface area contributed by atoms with Gasteiger partial charge in [-0.1, -0.05) is 65.2 Å². The highest BCUT2D eigenvalue weighted by Crippen LogP contribution is 2.47. The highest BCUT2D eigenvalue weighted by atomic mass is 16.7. The molecule has 3 heterocycles.